The van der Waals surface area contributed by atoms with Crippen molar-refractivity contribution in [1.29, 1.82) is 0 Å². The van der Waals surface area contributed by atoms with Gasteiger partial charge in [-0.25, -0.2) is 0 Å². The standard InChI is InChI=1S/C17H19BrN2O/c1-3-20(11-13-6-4-5-7-16(13)19)17(21)15-10-14(18)9-8-12(15)2/h4-10H,3,11,19H2,1-2H3. The third-order valence-electron chi connectivity index (χ3n) is 3.52. The van der Waals surface area contributed by atoms with Gasteiger partial charge in [0.15, 0.2) is 0 Å². The van der Waals surface area contributed by atoms with E-state index in [4.69, 9.17) is 5.73 Å². The molecule has 0 unspecified atom stereocenters. The van der Waals surface area contributed by atoms with Crippen LogP contribution in [0.15, 0.2) is 46.9 Å². The van der Waals surface area contributed by atoms with Crippen LogP contribution < -0.4 is 5.73 Å². The topological polar surface area (TPSA) is 46.3 Å². The summed E-state index contributed by atoms with van der Waals surface area (Å²) in [6.45, 7) is 5.09. The average molecular weight is 347 g/mol. The van der Waals surface area contributed by atoms with Crippen LogP contribution in [0.4, 0.5) is 5.69 Å². The van der Waals surface area contributed by atoms with Crippen molar-refractivity contribution in [3.63, 3.8) is 0 Å². The number of nitrogen functional groups attached to an aromatic ring is 1. The van der Waals surface area contributed by atoms with Crippen molar-refractivity contribution >= 4 is 27.5 Å². The molecule has 0 saturated carbocycles. The van der Waals surface area contributed by atoms with Gasteiger partial charge in [-0.05, 0) is 43.2 Å². The molecule has 0 aliphatic rings. The zero-order chi connectivity index (χ0) is 15.4. The van der Waals surface area contributed by atoms with Crippen LogP contribution >= 0.6 is 15.9 Å². The molecular formula is C17H19BrN2O. The van der Waals surface area contributed by atoms with Crippen LogP contribution in [0.1, 0.15) is 28.4 Å². The van der Waals surface area contributed by atoms with Gasteiger partial charge in [0.05, 0.1) is 0 Å². The van der Waals surface area contributed by atoms with Crippen LogP contribution in [0.25, 0.3) is 0 Å². The SMILES string of the molecule is CCN(Cc1ccccc1N)C(=O)c1cc(Br)ccc1C. The highest BCUT2D eigenvalue weighted by Crippen LogP contribution is 2.20. The van der Waals surface area contributed by atoms with E-state index >= 15 is 0 Å². The van der Waals surface area contributed by atoms with E-state index in [1.165, 1.54) is 0 Å². The summed E-state index contributed by atoms with van der Waals surface area (Å²) in [5, 5.41) is 0. The van der Waals surface area contributed by atoms with Crippen molar-refractivity contribution in [1.82, 2.24) is 4.90 Å². The smallest absolute Gasteiger partial charge is 0.254 e. The van der Waals surface area contributed by atoms with Crippen molar-refractivity contribution in [2.45, 2.75) is 20.4 Å². The molecule has 2 rings (SSSR count). The van der Waals surface area contributed by atoms with E-state index < -0.39 is 0 Å². The van der Waals surface area contributed by atoms with Gasteiger partial charge in [0, 0.05) is 28.8 Å². The van der Waals surface area contributed by atoms with E-state index in [0.717, 1.165) is 26.9 Å². The van der Waals surface area contributed by atoms with Crippen molar-refractivity contribution in [2.75, 3.05) is 12.3 Å². The monoisotopic (exact) mass is 346 g/mol. The number of amides is 1. The highest BCUT2D eigenvalue weighted by molar-refractivity contribution is 9.10. The summed E-state index contributed by atoms with van der Waals surface area (Å²) in [5.74, 6) is 0.0274. The zero-order valence-corrected chi connectivity index (χ0v) is 13.9. The fraction of sp³-hybridized carbons (Fsp3) is 0.235. The Morgan fingerprint density at radius 1 is 1.24 bits per heavy atom. The second-order valence-electron chi connectivity index (χ2n) is 4.98. The second kappa shape index (κ2) is 6.76. The molecule has 4 heteroatoms. The van der Waals surface area contributed by atoms with Crippen LogP contribution in [0.2, 0.25) is 0 Å². The molecule has 0 heterocycles. The predicted octanol–water partition coefficient (Wildman–Crippen LogP) is 4.00. The molecule has 1 amide bonds. The number of hydrogen-bond donors (Lipinski definition) is 1. The van der Waals surface area contributed by atoms with Gasteiger partial charge in [0.1, 0.15) is 0 Å². The summed E-state index contributed by atoms with van der Waals surface area (Å²) in [6.07, 6.45) is 0. The summed E-state index contributed by atoms with van der Waals surface area (Å²) < 4.78 is 0.909. The van der Waals surface area contributed by atoms with E-state index in [0.29, 0.717) is 13.1 Å². The first kappa shape index (κ1) is 15.6. The number of carbonyl (C=O) groups is 1. The van der Waals surface area contributed by atoms with E-state index in [1.54, 1.807) is 4.90 Å². The minimum Gasteiger partial charge on any atom is -0.398 e. The molecule has 0 aromatic heterocycles. The number of rotatable bonds is 4. The number of hydrogen-bond acceptors (Lipinski definition) is 2. The maximum atomic E-state index is 12.7. The summed E-state index contributed by atoms with van der Waals surface area (Å²) in [5.41, 5.74) is 9.36. The lowest BCUT2D eigenvalue weighted by Gasteiger charge is -2.23. The lowest BCUT2D eigenvalue weighted by atomic mass is 10.1. The number of nitrogens with zero attached hydrogens (tertiary/aromatic N) is 1. The van der Waals surface area contributed by atoms with E-state index in [9.17, 15) is 4.79 Å². The van der Waals surface area contributed by atoms with Crippen molar-refractivity contribution < 1.29 is 4.79 Å². The van der Waals surface area contributed by atoms with Crippen LogP contribution in [0, 0.1) is 6.92 Å². The van der Waals surface area contributed by atoms with Gasteiger partial charge in [-0.15, -0.1) is 0 Å². The highest BCUT2D eigenvalue weighted by atomic mass is 79.9. The minimum atomic E-state index is 0.0274. The molecule has 0 aliphatic carbocycles. The molecule has 110 valence electrons. The Hall–Kier alpha value is -1.81. The molecule has 0 aliphatic heterocycles. The molecule has 0 fully saturated rings. The van der Waals surface area contributed by atoms with Gasteiger partial charge < -0.3 is 10.6 Å². The fourth-order valence-corrected chi connectivity index (χ4v) is 2.57. The molecule has 0 radical (unpaired) electrons. The molecule has 21 heavy (non-hydrogen) atoms. The molecule has 3 nitrogen and oxygen atoms in total. The predicted molar refractivity (Wildman–Crippen MR) is 90.1 cm³/mol. The molecule has 0 saturated heterocycles. The Balaban J connectivity index is 2.27. The molecular weight excluding hydrogens is 328 g/mol. The Kier molecular flexibility index (Phi) is 5.02. The number of aryl methyl sites for hydroxylation is 1. The number of carbonyl (C=O) groups excluding carboxylic acids is 1. The summed E-state index contributed by atoms with van der Waals surface area (Å²) >= 11 is 3.42. The molecule has 0 atom stereocenters. The normalized spacial score (nSPS) is 10.4. The fourth-order valence-electron chi connectivity index (χ4n) is 2.21. The number of halogens is 1. The van der Waals surface area contributed by atoms with Crippen LogP contribution in [0.5, 0.6) is 0 Å². The minimum absolute atomic E-state index is 0.0274. The second-order valence-corrected chi connectivity index (χ2v) is 5.89. The number of para-hydroxylation sites is 1. The maximum absolute atomic E-state index is 12.7. The van der Waals surface area contributed by atoms with Gasteiger partial charge in [-0.2, -0.15) is 0 Å². The van der Waals surface area contributed by atoms with E-state index in [1.807, 2.05) is 56.3 Å². The van der Waals surface area contributed by atoms with E-state index in [2.05, 4.69) is 15.9 Å². The van der Waals surface area contributed by atoms with Gasteiger partial charge in [-0.1, -0.05) is 40.2 Å². The molecule has 2 N–H and O–H groups in total. The highest BCUT2D eigenvalue weighted by Gasteiger charge is 2.17. The average Bonchev–Trinajstić information content (AvgIpc) is 2.48. The van der Waals surface area contributed by atoms with Gasteiger partial charge in [0.2, 0.25) is 0 Å². The quantitative estimate of drug-likeness (QED) is 0.850. The Labute approximate surface area is 133 Å². The summed E-state index contributed by atoms with van der Waals surface area (Å²) in [6, 6.07) is 13.4. The molecule has 2 aromatic carbocycles. The van der Waals surface area contributed by atoms with Gasteiger partial charge >= 0.3 is 0 Å². The number of nitrogens with two attached hydrogens (primary N) is 1. The third-order valence-corrected chi connectivity index (χ3v) is 4.01. The van der Waals surface area contributed by atoms with E-state index in [-0.39, 0.29) is 5.91 Å². The lowest BCUT2D eigenvalue weighted by molar-refractivity contribution is 0.0752. The zero-order valence-electron chi connectivity index (χ0n) is 12.3. The first-order chi connectivity index (χ1) is 10.0. The van der Waals surface area contributed by atoms with Gasteiger partial charge in [0.25, 0.3) is 5.91 Å². The first-order valence-corrected chi connectivity index (χ1v) is 7.71. The molecule has 0 bridgehead atoms. The molecule has 0 spiro atoms. The van der Waals surface area contributed by atoms with Crippen molar-refractivity contribution in [3.8, 4) is 0 Å². The Morgan fingerprint density at radius 3 is 2.62 bits per heavy atom. The number of benzene rings is 2. The van der Waals surface area contributed by atoms with Crippen LogP contribution in [0.3, 0.4) is 0 Å². The van der Waals surface area contributed by atoms with Crippen LogP contribution in [-0.4, -0.2) is 17.4 Å². The third kappa shape index (κ3) is 3.64. The summed E-state index contributed by atoms with van der Waals surface area (Å²) in [7, 11) is 0. The van der Waals surface area contributed by atoms with Crippen LogP contribution in [-0.2, 0) is 6.54 Å². The number of anilines is 1. The maximum Gasteiger partial charge on any atom is 0.254 e. The van der Waals surface area contributed by atoms with Crippen molar-refractivity contribution in [3.05, 3.63) is 63.6 Å². The van der Waals surface area contributed by atoms with Crippen molar-refractivity contribution in [2.24, 2.45) is 0 Å². The van der Waals surface area contributed by atoms with Gasteiger partial charge in [-0.3, -0.25) is 4.79 Å². The first-order valence-electron chi connectivity index (χ1n) is 6.91. The Bertz CT molecular complexity index is 655. The Morgan fingerprint density at radius 2 is 1.95 bits per heavy atom. The largest absolute Gasteiger partial charge is 0.398 e. The summed E-state index contributed by atoms with van der Waals surface area (Å²) in [4.78, 5) is 14.5. The lowest BCUT2D eigenvalue weighted by Crippen LogP contribution is -2.31. The molecule has 2 aromatic rings.